The van der Waals surface area contributed by atoms with Crippen LogP contribution in [0.1, 0.15) is 36.8 Å². The van der Waals surface area contributed by atoms with Crippen molar-refractivity contribution < 1.29 is 23.8 Å². The van der Waals surface area contributed by atoms with Gasteiger partial charge in [-0.25, -0.2) is 4.79 Å². The third-order valence-corrected chi connectivity index (χ3v) is 5.98. The number of nitrogens with one attached hydrogen (secondary N) is 1. The number of halogens is 1. The molecule has 0 bridgehead atoms. The lowest BCUT2D eigenvalue weighted by molar-refractivity contribution is -0.143. The highest BCUT2D eigenvalue weighted by Gasteiger charge is 2.26. The summed E-state index contributed by atoms with van der Waals surface area (Å²) in [6.07, 6.45) is 2.72. The van der Waals surface area contributed by atoms with Crippen molar-refractivity contribution in [2.45, 2.75) is 39.0 Å². The number of carboxylic acid groups (broad SMARTS) is 1. The minimum absolute atomic E-state index is 0.0851. The zero-order valence-corrected chi connectivity index (χ0v) is 17.2. The third kappa shape index (κ3) is 4.72. The Balaban J connectivity index is 1.67. The van der Waals surface area contributed by atoms with Gasteiger partial charge in [0, 0.05) is 18.0 Å². The molecule has 3 rings (SSSR count). The Kier molecular flexibility index (Phi) is 6.47. The maximum absolute atomic E-state index is 12.4. The lowest BCUT2D eigenvalue weighted by Crippen LogP contribution is -2.34. The Morgan fingerprint density at radius 2 is 1.97 bits per heavy atom. The summed E-state index contributed by atoms with van der Waals surface area (Å²) in [7, 11) is 1.48. The van der Waals surface area contributed by atoms with Crippen molar-refractivity contribution in [3.63, 3.8) is 0 Å². The minimum atomic E-state index is -0.747. The van der Waals surface area contributed by atoms with Gasteiger partial charge in [0.05, 0.1) is 30.0 Å². The summed E-state index contributed by atoms with van der Waals surface area (Å²) >= 11 is 6.18. The molecular formula is C21H24ClNO6. The molecule has 0 unspecified atom stereocenters. The fourth-order valence-electron chi connectivity index (χ4n) is 3.85. The molecule has 2 N–H and O–H groups in total. The van der Waals surface area contributed by atoms with E-state index >= 15 is 0 Å². The molecule has 156 valence electrons. The molecule has 1 aliphatic carbocycles. The van der Waals surface area contributed by atoms with Crippen LogP contribution in [0, 0.1) is 18.8 Å². The first-order chi connectivity index (χ1) is 13.8. The molecule has 0 atom stereocenters. The molecule has 0 spiro atoms. The van der Waals surface area contributed by atoms with Crippen molar-refractivity contribution in [3.8, 4) is 5.75 Å². The zero-order valence-electron chi connectivity index (χ0n) is 16.4. The van der Waals surface area contributed by atoms with Gasteiger partial charge in [-0.15, -0.1) is 0 Å². The lowest BCUT2D eigenvalue weighted by atomic mass is 9.82. The van der Waals surface area contributed by atoms with Crippen molar-refractivity contribution in [1.29, 1.82) is 0 Å². The van der Waals surface area contributed by atoms with Crippen LogP contribution >= 0.6 is 11.6 Å². The molecule has 1 amide bonds. The predicted molar refractivity (Wildman–Crippen MR) is 109 cm³/mol. The largest absolute Gasteiger partial charge is 0.495 e. The first-order valence-electron chi connectivity index (χ1n) is 9.59. The van der Waals surface area contributed by atoms with E-state index in [0.717, 1.165) is 12.8 Å². The topological polar surface area (TPSA) is 106 Å². The highest BCUT2D eigenvalue weighted by molar-refractivity contribution is 6.32. The first-order valence-corrected chi connectivity index (χ1v) is 9.97. The fraction of sp³-hybridized carbons (Fsp3) is 0.476. The molecule has 7 nitrogen and oxygen atoms in total. The van der Waals surface area contributed by atoms with Crippen LogP contribution in [0.3, 0.4) is 0 Å². The van der Waals surface area contributed by atoms with Crippen molar-refractivity contribution >= 4 is 34.4 Å². The second-order valence-electron chi connectivity index (χ2n) is 7.51. The monoisotopic (exact) mass is 421 g/mol. The lowest BCUT2D eigenvalue weighted by Gasteiger charge is -2.26. The van der Waals surface area contributed by atoms with Gasteiger partial charge in [-0.2, -0.15) is 0 Å². The third-order valence-electron chi connectivity index (χ3n) is 5.68. The van der Waals surface area contributed by atoms with Crippen molar-refractivity contribution in [2.24, 2.45) is 11.8 Å². The average molecular weight is 422 g/mol. The van der Waals surface area contributed by atoms with E-state index < -0.39 is 11.6 Å². The number of aryl methyl sites for hydroxylation is 1. The molecule has 29 heavy (non-hydrogen) atoms. The van der Waals surface area contributed by atoms with Crippen LogP contribution in [0.2, 0.25) is 5.02 Å². The molecule has 1 heterocycles. The quantitative estimate of drug-likeness (QED) is 0.693. The Morgan fingerprint density at radius 3 is 2.59 bits per heavy atom. The van der Waals surface area contributed by atoms with Gasteiger partial charge < -0.3 is 19.6 Å². The van der Waals surface area contributed by atoms with E-state index in [-0.39, 0.29) is 24.2 Å². The standard InChI is InChI=1S/C21H24ClNO6/c1-11-14-7-16(22)18(28-2)9-17(14)29-21(27)15(11)8-19(24)23-10-12-3-5-13(6-4-12)20(25)26/h7,9,12-13H,3-6,8,10H2,1-2H3,(H,23,24)(H,25,26). The number of methoxy groups -OCH3 is 1. The molecule has 1 aromatic carbocycles. The summed E-state index contributed by atoms with van der Waals surface area (Å²) in [5.41, 5.74) is 0.744. The van der Waals surface area contributed by atoms with Crippen LogP contribution in [0.25, 0.3) is 11.0 Å². The average Bonchev–Trinajstić information content (AvgIpc) is 2.70. The van der Waals surface area contributed by atoms with Gasteiger partial charge in [0.1, 0.15) is 11.3 Å². The molecule has 0 saturated heterocycles. The van der Waals surface area contributed by atoms with Crippen molar-refractivity contribution in [2.75, 3.05) is 13.7 Å². The van der Waals surface area contributed by atoms with Crippen LogP contribution in [0.5, 0.6) is 5.75 Å². The molecule has 1 aliphatic rings. The van der Waals surface area contributed by atoms with Gasteiger partial charge >= 0.3 is 11.6 Å². The number of hydrogen-bond acceptors (Lipinski definition) is 5. The molecule has 0 aliphatic heterocycles. The number of rotatable bonds is 6. The van der Waals surface area contributed by atoms with E-state index in [1.165, 1.54) is 7.11 Å². The zero-order chi connectivity index (χ0) is 21.1. The summed E-state index contributed by atoms with van der Waals surface area (Å²) in [4.78, 5) is 35.8. The summed E-state index contributed by atoms with van der Waals surface area (Å²) in [5.74, 6) is -0.625. The normalized spacial score (nSPS) is 19.1. The number of carboxylic acids is 1. The number of amides is 1. The molecule has 2 aromatic rings. The van der Waals surface area contributed by atoms with Crippen LogP contribution in [-0.4, -0.2) is 30.6 Å². The number of aliphatic carboxylic acids is 1. The van der Waals surface area contributed by atoms with Gasteiger partial charge in [-0.05, 0) is 50.2 Å². The van der Waals surface area contributed by atoms with Gasteiger partial charge in [0.15, 0.2) is 0 Å². The molecule has 1 saturated carbocycles. The number of fused-ring (bicyclic) bond motifs is 1. The van der Waals surface area contributed by atoms with E-state index in [9.17, 15) is 14.4 Å². The van der Waals surface area contributed by atoms with Gasteiger partial charge in [0.25, 0.3) is 0 Å². The van der Waals surface area contributed by atoms with Gasteiger partial charge in [-0.3, -0.25) is 9.59 Å². The number of carbonyl (C=O) groups is 2. The molecule has 1 fully saturated rings. The van der Waals surface area contributed by atoms with E-state index in [2.05, 4.69) is 5.32 Å². The Bertz CT molecular complexity index is 991. The van der Waals surface area contributed by atoms with Crippen LogP contribution < -0.4 is 15.7 Å². The van der Waals surface area contributed by atoms with Gasteiger partial charge in [-0.1, -0.05) is 11.6 Å². The summed E-state index contributed by atoms with van der Waals surface area (Å²) in [5, 5.41) is 13.0. The molecular weight excluding hydrogens is 398 g/mol. The van der Waals surface area contributed by atoms with Crippen LogP contribution in [0.15, 0.2) is 21.3 Å². The number of ether oxygens (including phenoxy) is 1. The molecule has 8 heteroatoms. The molecule has 0 radical (unpaired) electrons. The van der Waals surface area contributed by atoms with Gasteiger partial charge in [0.2, 0.25) is 5.91 Å². The second-order valence-corrected chi connectivity index (χ2v) is 7.92. The number of benzene rings is 1. The Hall–Kier alpha value is -2.54. The van der Waals surface area contributed by atoms with E-state index in [1.807, 2.05) is 0 Å². The van der Waals surface area contributed by atoms with E-state index in [0.29, 0.717) is 52.3 Å². The van der Waals surface area contributed by atoms with Crippen LogP contribution in [0.4, 0.5) is 0 Å². The Labute approximate surface area is 173 Å². The fourth-order valence-corrected chi connectivity index (χ4v) is 4.09. The molecule has 1 aromatic heterocycles. The minimum Gasteiger partial charge on any atom is -0.495 e. The first kappa shape index (κ1) is 21.2. The highest BCUT2D eigenvalue weighted by Crippen LogP contribution is 2.32. The van der Waals surface area contributed by atoms with Crippen molar-refractivity contribution in [1.82, 2.24) is 5.32 Å². The Morgan fingerprint density at radius 1 is 1.28 bits per heavy atom. The maximum Gasteiger partial charge on any atom is 0.340 e. The van der Waals surface area contributed by atoms with E-state index in [4.69, 9.17) is 25.9 Å². The SMILES string of the molecule is COc1cc2oc(=O)c(CC(=O)NCC3CCC(C(=O)O)CC3)c(C)c2cc1Cl. The summed E-state index contributed by atoms with van der Waals surface area (Å²) in [6.45, 7) is 2.24. The van der Waals surface area contributed by atoms with Crippen molar-refractivity contribution in [3.05, 3.63) is 38.7 Å². The van der Waals surface area contributed by atoms with E-state index in [1.54, 1.807) is 19.1 Å². The highest BCUT2D eigenvalue weighted by atomic mass is 35.5. The second kappa shape index (κ2) is 8.86. The summed E-state index contributed by atoms with van der Waals surface area (Å²) in [6, 6.07) is 3.22. The predicted octanol–water partition coefficient (Wildman–Crippen LogP) is 3.31. The van der Waals surface area contributed by atoms with Crippen LogP contribution in [-0.2, 0) is 16.0 Å². The smallest absolute Gasteiger partial charge is 0.340 e. The summed E-state index contributed by atoms with van der Waals surface area (Å²) < 4.78 is 10.5. The maximum atomic E-state index is 12.4. The number of hydrogen-bond donors (Lipinski definition) is 2. The number of carbonyl (C=O) groups excluding carboxylic acids is 1.